The van der Waals surface area contributed by atoms with Gasteiger partial charge in [-0.2, -0.15) is 5.10 Å². The first-order chi connectivity index (χ1) is 11.1. The van der Waals surface area contributed by atoms with Crippen LogP contribution in [0.1, 0.15) is 29.8 Å². The summed E-state index contributed by atoms with van der Waals surface area (Å²) in [6.07, 6.45) is 3.60. The summed E-state index contributed by atoms with van der Waals surface area (Å²) in [5, 5.41) is 9.13. The summed E-state index contributed by atoms with van der Waals surface area (Å²) < 4.78 is 5.80. The molecule has 1 aliphatic rings. The summed E-state index contributed by atoms with van der Waals surface area (Å²) in [4.78, 5) is 23.2. The molecule has 1 aromatic heterocycles. The number of aromatic nitrogens is 2. The zero-order valence-corrected chi connectivity index (χ0v) is 13.1. The third kappa shape index (κ3) is 3.90. The molecule has 0 spiro atoms. The molecule has 0 atom stereocenters. The summed E-state index contributed by atoms with van der Waals surface area (Å²) in [6, 6.07) is 7.67. The van der Waals surface area contributed by atoms with E-state index >= 15 is 0 Å². The summed E-state index contributed by atoms with van der Waals surface area (Å²) >= 11 is 6.00. The van der Waals surface area contributed by atoms with Gasteiger partial charge in [-0.1, -0.05) is 18.0 Å². The quantitative estimate of drug-likeness (QED) is 0.881. The predicted octanol–water partition coefficient (Wildman–Crippen LogP) is 2.85. The minimum absolute atomic E-state index is 0.106. The van der Waals surface area contributed by atoms with Gasteiger partial charge >= 0.3 is 0 Å². The van der Waals surface area contributed by atoms with E-state index in [9.17, 15) is 9.59 Å². The average molecular weight is 334 g/mol. The zero-order chi connectivity index (χ0) is 16.2. The van der Waals surface area contributed by atoms with E-state index in [1.54, 1.807) is 18.2 Å². The van der Waals surface area contributed by atoms with E-state index in [2.05, 4.69) is 15.5 Å². The summed E-state index contributed by atoms with van der Waals surface area (Å²) in [5.41, 5.74) is 0.221. The van der Waals surface area contributed by atoms with E-state index in [1.807, 2.05) is 0 Å². The lowest BCUT2D eigenvalue weighted by atomic mass is 9.86. The number of hydrogen-bond acceptors (Lipinski definition) is 4. The van der Waals surface area contributed by atoms with Crippen LogP contribution in [0.15, 0.2) is 35.1 Å². The Balaban J connectivity index is 1.74. The fraction of sp³-hybridized carbons (Fsp3) is 0.312. The molecule has 1 aliphatic carbocycles. The van der Waals surface area contributed by atoms with Gasteiger partial charge in [-0.3, -0.25) is 9.59 Å². The normalized spacial score (nSPS) is 14.1. The van der Waals surface area contributed by atoms with E-state index in [1.165, 1.54) is 31.4 Å². The number of aromatic amines is 1. The summed E-state index contributed by atoms with van der Waals surface area (Å²) in [7, 11) is 0. The molecule has 1 fully saturated rings. The van der Waals surface area contributed by atoms with Gasteiger partial charge in [0.2, 0.25) is 0 Å². The fourth-order valence-electron chi connectivity index (χ4n) is 2.25. The van der Waals surface area contributed by atoms with E-state index < -0.39 is 5.91 Å². The van der Waals surface area contributed by atoms with Gasteiger partial charge in [0, 0.05) is 11.1 Å². The molecule has 0 radical (unpaired) electrons. The van der Waals surface area contributed by atoms with Crippen LogP contribution in [0.5, 0.6) is 5.75 Å². The molecule has 3 rings (SSSR count). The SMILES string of the molecule is O=C(Nc1cc(Cl)ccc1OCC1CCC1)c1ccc(=O)[nH]n1. The smallest absolute Gasteiger partial charge is 0.276 e. The number of nitrogens with zero attached hydrogens (tertiary/aromatic N) is 1. The first kappa shape index (κ1) is 15.6. The van der Waals surface area contributed by atoms with Crippen LogP contribution in [0, 0.1) is 5.92 Å². The largest absolute Gasteiger partial charge is 0.491 e. The molecule has 2 N–H and O–H groups in total. The Kier molecular flexibility index (Phi) is 4.62. The first-order valence-electron chi connectivity index (χ1n) is 7.41. The van der Waals surface area contributed by atoms with Gasteiger partial charge in [-0.15, -0.1) is 0 Å². The average Bonchev–Trinajstić information content (AvgIpc) is 2.48. The number of nitrogens with one attached hydrogen (secondary N) is 2. The van der Waals surface area contributed by atoms with Gasteiger partial charge in [-0.05, 0) is 43.0 Å². The second-order valence-electron chi connectivity index (χ2n) is 5.51. The standard InChI is InChI=1S/C16H16ClN3O3/c17-11-4-6-14(23-9-10-2-1-3-10)13(8-11)18-16(22)12-5-7-15(21)20-19-12/h4-8,10H,1-3,9H2,(H,18,22)(H,20,21). The molecule has 0 bridgehead atoms. The van der Waals surface area contributed by atoms with Gasteiger partial charge in [0.05, 0.1) is 12.3 Å². The van der Waals surface area contributed by atoms with Crippen LogP contribution >= 0.6 is 11.6 Å². The Bertz CT molecular complexity index is 751. The number of benzene rings is 1. The maximum Gasteiger partial charge on any atom is 0.276 e. The van der Waals surface area contributed by atoms with Crippen molar-refractivity contribution in [1.29, 1.82) is 0 Å². The molecule has 0 aliphatic heterocycles. The monoisotopic (exact) mass is 333 g/mol. The highest BCUT2D eigenvalue weighted by Gasteiger charge is 2.19. The molecular weight excluding hydrogens is 318 g/mol. The fourth-order valence-corrected chi connectivity index (χ4v) is 2.42. The summed E-state index contributed by atoms with van der Waals surface area (Å²) in [6.45, 7) is 0.626. The second-order valence-corrected chi connectivity index (χ2v) is 5.95. The lowest BCUT2D eigenvalue weighted by Gasteiger charge is -2.25. The Hall–Kier alpha value is -2.34. The number of amides is 1. The molecule has 0 unspecified atom stereocenters. The molecule has 1 amide bonds. The second kappa shape index (κ2) is 6.83. The van der Waals surface area contributed by atoms with Gasteiger partial charge in [0.15, 0.2) is 0 Å². The lowest BCUT2D eigenvalue weighted by Crippen LogP contribution is -2.21. The van der Waals surface area contributed by atoms with Gasteiger partial charge in [-0.25, -0.2) is 5.10 Å². The van der Waals surface area contributed by atoms with Crippen LogP contribution in [-0.4, -0.2) is 22.7 Å². The van der Waals surface area contributed by atoms with E-state index in [0.717, 1.165) is 0 Å². The van der Waals surface area contributed by atoms with Gasteiger partial charge in [0.25, 0.3) is 11.5 Å². The van der Waals surface area contributed by atoms with E-state index in [4.69, 9.17) is 16.3 Å². The maximum atomic E-state index is 12.2. The van der Waals surface area contributed by atoms with Crippen LogP contribution in [0.25, 0.3) is 0 Å². The molecule has 23 heavy (non-hydrogen) atoms. The Morgan fingerprint density at radius 2 is 2.17 bits per heavy atom. The molecule has 7 heteroatoms. The number of hydrogen-bond donors (Lipinski definition) is 2. The van der Waals surface area contributed by atoms with Crippen molar-refractivity contribution in [2.75, 3.05) is 11.9 Å². The van der Waals surface area contributed by atoms with Crippen LogP contribution in [0.3, 0.4) is 0 Å². The molecule has 2 aromatic rings. The third-order valence-electron chi connectivity index (χ3n) is 3.80. The van der Waals surface area contributed by atoms with Crippen molar-refractivity contribution >= 4 is 23.2 Å². The molecule has 1 saturated carbocycles. The van der Waals surface area contributed by atoms with Gasteiger partial charge in [0.1, 0.15) is 11.4 Å². The number of rotatable bonds is 5. The van der Waals surface area contributed by atoms with Crippen molar-refractivity contribution in [2.24, 2.45) is 5.92 Å². The van der Waals surface area contributed by atoms with Crippen molar-refractivity contribution in [3.8, 4) is 5.75 Å². The number of carbonyl (C=O) groups excluding carboxylic acids is 1. The number of H-pyrrole nitrogens is 1. The van der Waals surface area contributed by atoms with E-state index in [-0.39, 0.29) is 11.3 Å². The lowest BCUT2D eigenvalue weighted by molar-refractivity contribution is 0.102. The highest BCUT2D eigenvalue weighted by atomic mass is 35.5. The van der Waals surface area contributed by atoms with Crippen molar-refractivity contribution in [3.05, 3.63) is 51.4 Å². The third-order valence-corrected chi connectivity index (χ3v) is 4.04. The number of ether oxygens (including phenoxy) is 1. The molecule has 0 saturated heterocycles. The molecule has 6 nitrogen and oxygen atoms in total. The predicted molar refractivity (Wildman–Crippen MR) is 87.1 cm³/mol. The van der Waals surface area contributed by atoms with Crippen molar-refractivity contribution < 1.29 is 9.53 Å². The van der Waals surface area contributed by atoms with Crippen molar-refractivity contribution in [3.63, 3.8) is 0 Å². The van der Waals surface area contributed by atoms with Crippen LogP contribution in [0.4, 0.5) is 5.69 Å². The Morgan fingerprint density at radius 3 is 2.83 bits per heavy atom. The summed E-state index contributed by atoms with van der Waals surface area (Å²) in [5.74, 6) is 0.700. The number of carbonyl (C=O) groups is 1. The highest BCUT2D eigenvalue weighted by Crippen LogP contribution is 2.31. The van der Waals surface area contributed by atoms with Crippen molar-refractivity contribution in [2.45, 2.75) is 19.3 Å². The highest BCUT2D eigenvalue weighted by molar-refractivity contribution is 6.31. The van der Waals surface area contributed by atoms with Crippen LogP contribution in [0.2, 0.25) is 5.02 Å². The Labute approximate surface area is 137 Å². The maximum absolute atomic E-state index is 12.2. The minimum atomic E-state index is -0.447. The number of anilines is 1. The Morgan fingerprint density at radius 1 is 1.35 bits per heavy atom. The molecular formula is C16H16ClN3O3. The topological polar surface area (TPSA) is 84.1 Å². The van der Waals surface area contributed by atoms with Gasteiger partial charge < -0.3 is 10.1 Å². The number of halogens is 1. The van der Waals surface area contributed by atoms with Crippen LogP contribution in [-0.2, 0) is 0 Å². The van der Waals surface area contributed by atoms with Crippen molar-refractivity contribution in [1.82, 2.24) is 10.2 Å². The molecule has 120 valence electrons. The van der Waals surface area contributed by atoms with E-state index in [0.29, 0.717) is 29.0 Å². The first-order valence-corrected chi connectivity index (χ1v) is 7.79. The zero-order valence-electron chi connectivity index (χ0n) is 12.3. The van der Waals surface area contributed by atoms with Crippen LogP contribution < -0.4 is 15.6 Å². The minimum Gasteiger partial charge on any atom is -0.491 e. The molecule has 1 aromatic carbocycles. The molecule has 1 heterocycles.